The highest BCUT2D eigenvalue weighted by Gasteiger charge is 2.22. The predicted molar refractivity (Wildman–Crippen MR) is 139 cm³/mol. The number of rotatable bonds is 10. The van der Waals surface area contributed by atoms with Gasteiger partial charge in [-0.05, 0) is 84.5 Å². The minimum Gasteiger partial charge on any atom is -0.490 e. The third-order valence-corrected chi connectivity index (χ3v) is 6.87. The number of carbonyl (C=O) groups excluding carboxylic acids is 1. The summed E-state index contributed by atoms with van der Waals surface area (Å²) in [4.78, 5) is 12.6. The van der Waals surface area contributed by atoms with E-state index in [-0.39, 0.29) is 29.2 Å². The second kappa shape index (κ2) is 12.1. The SMILES string of the molecule is C=CCN(CC=C)S(=O)(=O)c1ccc(NC(=S)NC(=O)c2ccc(OC(C)C)c(Br)c2)cc1. The van der Waals surface area contributed by atoms with Crippen molar-refractivity contribution >= 4 is 54.9 Å². The molecule has 2 N–H and O–H groups in total. The average Bonchev–Trinajstić information content (AvgIpc) is 2.75. The van der Waals surface area contributed by atoms with Gasteiger partial charge < -0.3 is 10.1 Å². The molecule has 2 aromatic rings. The number of nitrogens with one attached hydrogen (secondary N) is 2. The van der Waals surface area contributed by atoms with Gasteiger partial charge in [0.1, 0.15) is 5.75 Å². The maximum absolute atomic E-state index is 12.8. The Balaban J connectivity index is 2.04. The number of carbonyl (C=O) groups is 1. The quantitative estimate of drug-likeness (QED) is 0.328. The van der Waals surface area contributed by atoms with E-state index in [0.29, 0.717) is 21.5 Å². The molecule has 10 heteroatoms. The second-order valence-corrected chi connectivity index (χ2v) is 10.3. The average molecular weight is 553 g/mol. The number of anilines is 1. The maximum Gasteiger partial charge on any atom is 0.257 e. The molecule has 7 nitrogen and oxygen atoms in total. The zero-order chi connectivity index (χ0) is 24.6. The molecule has 0 aliphatic heterocycles. The summed E-state index contributed by atoms with van der Waals surface area (Å²) in [7, 11) is -3.70. The van der Waals surface area contributed by atoms with Gasteiger partial charge in [0.15, 0.2) is 5.11 Å². The normalized spacial score (nSPS) is 11.2. The molecular formula is C23H26BrN3O4S2. The van der Waals surface area contributed by atoms with Crippen molar-refractivity contribution in [1.82, 2.24) is 9.62 Å². The van der Waals surface area contributed by atoms with Crippen molar-refractivity contribution < 1.29 is 17.9 Å². The number of sulfonamides is 1. The Morgan fingerprint density at radius 2 is 1.76 bits per heavy atom. The van der Waals surface area contributed by atoms with Crippen LogP contribution in [0.15, 0.2) is 77.1 Å². The van der Waals surface area contributed by atoms with Gasteiger partial charge in [-0.2, -0.15) is 4.31 Å². The largest absolute Gasteiger partial charge is 0.490 e. The molecule has 1 amide bonds. The van der Waals surface area contributed by atoms with E-state index in [1.165, 1.54) is 28.6 Å². The van der Waals surface area contributed by atoms with Crippen LogP contribution in [0.5, 0.6) is 5.75 Å². The fourth-order valence-corrected chi connectivity index (χ4v) is 4.81. The fraction of sp³-hybridized carbons (Fsp3) is 0.217. The van der Waals surface area contributed by atoms with Gasteiger partial charge in [0.2, 0.25) is 10.0 Å². The van der Waals surface area contributed by atoms with Gasteiger partial charge in [0, 0.05) is 24.3 Å². The lowest BCUT2D eigenvalue weighted by atomic mass is 10.2. The second-order valence-electron chi connectivity index (χ2n) is 7.14. The summed E-state index contributed by atoms with van der Waals surface area (Å²) in [6.07, 6.45) is 3.04. The molecule has 0 spiro atoms. The summed E-state index contributed by atoms with van der Waals surface area (Å²) in [5.74, 6) is 0.241. The lowest BCUT2D eigenvalue weighted by Crippen LogP contribution is -2.34. The Bertz CT molecular complexity index is 1120. The minimum atomic E-state index is -3.70. The molecule has 0 aromatic heterocycles. The van der Waals surface area contributed by atoms with E-state index in [2.05, 4.69) is 39.7 Å². The molecule has 0 fully saturated rings. The maximum atomic E-state index is 12.8. The molecule has 0 aliphatic carbocycles. The number of hydrogen-bond donors (Lipinski definition) is 2. The van der Waals surface area contributed by atoms with E-state index in [9.17, 15) is 13.2 Å². The molecule has 0 heterocycles. The molecule has 0 radical (unpaired) electrons. The number of nitrogens with zero attached hydrogens (tertiary/aromatic N) is 1. The highest BCUT2D eigenvalue weighted by Crippen LogP contribution is 2.27. The highest BCUT2D eigenvalue weighted by atomic mass is 79.9. The predicted octanol–water partition coefficient (Wildman–Crippen LogP) is 4.73. The molecule has 0 aliphatic rings. The smallest absolute Gasteiger partial charge is 0.257 e. The van der Waals surface area contributed by atoms with E-state index in [0.717, 1.165) is 0 Å². The Labute approximate surface area is 208 Å². The van der Waals surface area contributed by atoms with Crippen LogP contribution in [-0.2, 0) is 10.0 Å². The number of amides is 1. The Hall–Kier alpha value is -2.53. The first kappa shape index (κ1) is 26.7. The number of thiocarbonyl (C=S) groups is 1. The van der Waals surface area contributed by atoms with Crippen LogP contribution in [0, 0.1) is 0 Å². The number of benzene rings is 2. The Kier molecular flexibility index (Phi) is 9.78. The van der Waals surface area contributed by atoms with Gasteiger partial charge in [-0.3, -0.25) is 10.1 Å². The summed E-state index contributed by atoms with van der Waals surface area (Å²) in [5, 5.41) is 5.55. The van der Waals surface area contributed by atoms with Crippen molar-refractivity contribution in [3.05, 3.63) is 77.8 Å². The summed E-state index contributed by atoms with van der Waals surface area (Å²) in [5.41, 5.74) is 0.924. The topological polar surface area (TPSA) is 87.7 Å². The van der Waals surface area contributed by atoms with Crippen LogP contribution < -0.4 is 15.4 Å². The fourth-order valence-electron chi connectivity index (χ4n) is 2.75. The summed E-state index contributed by atoms with van der Waals surface area (Å²) < 4.78 is 33.1. The van der Waals surface area contributed by atoms with Gasteiger partial charge in [0.05, 0.1) is 15.5 Å². The molecule has 176 valence electrons. The van der Waals surface area contributed by atoms with Crippen molar-refractivity contribution in [1.29, 1.82) is 0 Å². The third-order valence-electron chi connectivity index (χ3n) is 4.20. The number of hydrogen-bond acceptors (Lipinski definition) is 5. The van der Waals surface area contributed by atoms with Crippen LogP contribution in [0.4, 0.5) is 5.69 Å². The Morgan fingerprint density at radius 3 is 2.27 bits per heavy atom. The van der Waals surface area contributed by atoms with Crippen LogP contribution in [-0.4, -0.2) is 42.9 Å². The van der Waals surface area contributed by atoms with Crippen molar-refractivity contribution in [3.63, 3.8) is 0 Å². The first-order chi connectivity index (χ1) is 15.6. The van der Waals surface area contributed by atoms with Crippen molar-refractivity contribution in [2.45, 2.75) is 24.8 Å². The molecule has 33 heavy (non-hydrogen) atoms. The van der Waals surface area contributed by atoms with Crippen molar-refractivity contribution in [2.24, 2.45) is 0 Å². The summed E-state index contributed by atoms with van der Waals surface area (Å²) in [6, 6.07) is 11.1. The van der Waals surface area contributed by atoms with Crippen LogP contribution >= 0.6 is 28.1 Å². The minimum absolute atomic E-state index is 0.00572. The first-order valence-corrected chi connectivity index (χ1v) is 12.6. The van der Waals surface area contributed by atoms with Crippen LogP contribution in [0.1, 0.15) is 24.2 Å². The molecule has 2 aromatic carbocycles. The molecule has 0 unspecified atom stereocenters. The standard InChI is InChI=1S/C23H26BrN3O4S2/c1-5-13-27(14-6-2)33(29,30)19-10-8-18(9-11-19)25-23(32)26-22(28)17-7-12-21(20(24)15-17)31-16(3)4/h5-12,15-16H,1-2,13-14H2,3-4H3,(H2,25,26,28,32). The zero-order valence-electron chi connectivity index (χ0n) is 18.4. The van der Waals surface area contributed by atoms with Crippen LogP contribution in [0.3, 0.4) is 0 Å². The highest BCUT2D eigenvalue weighted by molar-refractivity contribution is 9.10. The molecule has 0 bridgehead atoms. The summed E-state index contributed by atoms with van der Waals surface area (Å²) >= 11 is 8.62. The van der Waals surface area contributed by atoms with Crippen LogP contribution in [0.25, 0.3) is 0 Å². The van der Waals surface area contributed by atoms with E-state index >= 15 is 0 Å². The van der Waals surface area contributed by atoms with Gasteiger partial charge in [-0.25, -0.2) is 8.42 Å². The van der Waals surface area contributed by atoms with Crippen molar-refractivity contribution in [2.75, 3.05) is 18.4 Å². The summed E-state index contributed by atoms with van der Waals surface area (Å²) in [6.45, 7) is 11.4. The van der Waals surface area contributed by atoms with E-state index in [1.807, 2.05) is 13.8 Å². The monoisotopic (exact) mass is 551 g/mol. The van der Waals surface area contributed by atoms with E-state index < -0.39 is 15.9 Å². The lowest BCUT2D eigenvalue weighted by molar-refractivity contribution is 0.0977. The zero-order valence-corrected chi connectivity index (χ0v) is 21.6. The van der Waals surface area contributed by atoms with Gasteiger partial charge in [-0.1, -0.05) is 12.2 Å². The van der Waals surface area contributed by atoms with E-state index in [4.69, 9.17) is 17.0 Å². The van der Waals surface area contributed by atoms with Gasteiger partial charge in [-0.15, -0.1) is 13.2 Å². The molecule has 0 atom stereocenters. The van der Waals surface area contributed by atoms with Crippen LogP contribution in [0.2, 0.25) is 0 Å². The molecule has 2 rings (SSSR count). The lowest BCUT2D eigenvalue weighted by Gasteiger charge is -2.19. The molecule has 0 saturated heterocycles. The van der Waals surface area contributed by atoms with Crippen molar-refractivity contribution in [3.8, 4) is 5.75 Å². The van der Waals surface area contributed by atoms with Gasteiger partial charge in [0.25, 0.3) is 5.91 Å². The van der Waals surface area contributed by atoms with E-state index in [1.54, 1.807) is 30.3 Å². The first-order valence-electron chi connectivity index (χ1n) is 9.99. The number of ether oxygens (including phenoxy) is 1. The molecular weight excluding hydrogens is 526 g/mol. The van der Waals surface area contributed by atoms with Gasteiger partial charge >= 0.3 is 0 Å². The third kappa shape index (κ3) is 7.50. The number of halogens is 1. The molecule has 0 saturated carbocycles. The Morgan fingerprint density at radius 1 is 1.15 bits per heavy atom.